The fourth-order valence-electron chi connectivity index (χ4n) is 3.85. The van der Waals surface area contributed by atoms with Gasteiger partial charge in [0, 0.05) is 23.2 Å². The molecule has 0 bridgehead atoms. The highest BCUT2D eigenvalue weighted by atomic mass is 16.7. The molecule has 0 amide bonds. The van der Waals surface area contributed by atoms with Crippen molar-refractivity contribution in [1.82, 2.24) is 0 Å². The first kappa shape index (κ1) is 12.8. The Hall–Kier alpha value is -0.680. The average molecular weight is 243 g/mol. The predicted molar refractivity (Wildman–Crippen MR) is 62.2 cm³/mol. The van der Waals surface area contributed by atoms with Crippen molar-refractivity contribution in [1.29, 1.82) is 0 Å². The molecular formula is C12H21NO4. The summed E-state index contributed by atoms with van der Waals surface area (Å²) in [7, 11) is 0. The quantitative estimate of drug-likeness (QED) is 0.551. The largest absolute Gasteiger partial charge is 0.347 e. The summed E-state index contributed by atoms with van der Waals surface area (Å²) in [6.07, 6.45) is 2.30. The third kappa shape index (κ3) is 2.77. The van der Waals surface area contributed by atoms with Crippen molar-refractivity contribution in [3.05, 3.63) is 10.1 Å². The summed E-state index contributed by atoms with van der Waals surface area (Å²) in [6.45, 7) is 7.44. The van der Waals surface area contributed by atoms with Crippen LogP contribution in [0.1, 0.15) is 40.0 Å². The first-order valence-electron chi connectivity index (χ1n) is 6.14. The summed E-state index contributed by atoms with van der Waals surface area (Å²) in [4.78, 5) is 10.6. The maximum absolute atomic E-state index is 10.8. The number of hydrogen-bond donors (Lipinski definition) is 0. The molecule has 0 aromatic rings. The molecular weight excluding hydrogens is 222 g/mol. The highest BCUT2D eigenvalue weighted by Gasteiger charge is 2.54. The highest BCUT2D eigenvalue weighted by molar-refractivity contribution is 4.97. The van der Waals surface area contributed by atoms with E-state index in [0.29, 0.717) is 19.6 Å². The van der Waals surface area contributed by atoms with Crippen molar-refractivity contribution in [3.63, 3.8) is 0 Å². The molecule has 2 aliphatic rings. The molecule has 1 saturated carbocycles. The minimum absolute atomic E-state index is 0.00903. The van der Waals surface area contributed by atoms with Gasteiger partial charge in [0.15, 0.2) is 5.79 Å². The number of nitro groups is 1. The number of nitrogens with zero attached hydrogens (tertiary/aromatic N) is 1. The van der Waals surface area contributed by atoms with Crippen molar-refractivity contribution in [2.75, 3.05) is 19.8 Å². The van der Waals surface area contributed by atoms with E-state index >= 15 is 0 Å². The molecule has 98 valence electrons. The van der Waals surface area contributed by atoms with E-state index in [0.717, 1.165) is 12.8 Å². The van der Waals surface area contributed by atoms with Crippen LogP contribution in [-0.2, 0) is 9.47 Å². The second-order valence-corrected chi connectivity index (χ2v) is 6.60. The molecule has 0 radical (unpaired) electrons. The first-order chi connectivity index (χ1) is 7.74. The van der Waals surface area contributed by atoms with Crippen LogP contribution in [0.5, 0.6) is 0 Å². The summed E-state index contributed by atoms with van der Waals surface area (Å²) in [6, 6.07) is 0. The van der Waals surface area contributed by atoms with Gasteiger partial charge in [0.1, 0.15) is 0 Å². The first-order valence-corrected chi connectivity index (χ1v) is 6.14. The molecule has 0 aromatic carbocycles. The lowest BCUT2D eigenvalue weighted by atomic mass is 9.62. The molecule has 2 fully saturated rings. The number of ether oxygens (including phenoxy) is 2. The molecule has 5 heteroatoms. The lowest BCUT2D eigenvalue weighted by Crippen LogP contribution is -2.50. The van der Waals surface area contributed by atoms with E-state index in [1.54, 1.807) is 0 Å². The van der Waals surface area contributed by atoms with Gasteiger partial charge in [0.25, 0.3) is 0 Å². The van der Waals surface area contributed by atoms with Crippen LogP contribution in [0.3, 0.4) is 0 Å². The van der Waals surface area contributed by atoms with Gasteiger partial charge in [-0.05, 0) is 11.8 Å². The Labute approximate surface area is 102 Å². The van der Waals surface area contributed by atoms with E-state index in [-0.39, 0.29) is 22.3 Å². The van der Waals surface area contributed by atoms with Gasteiger partial charge in [-0.1, -0.05) is 20.8 Å². The van der Waals surface area contributed by atoms with Crippen LogP contribution >= 0.6 is 0 Å². The minimum atomic E-state index is -0.577. The standard InChI is InChI=1S/C12H21NO4/c1-10(2)6-11(3,9-13(14)15)8-12(7-10)16-4-5-17-12/h4-9H2,1-3H3/t11-/m1/s1. The van der Waals surface area contributed by atoms with Crippen molar-refractivity contribution in [2.45, 2.75) is 45.8 Å². The Morgan fingerprint density at radius 3 is 2.24 bits per heavy atom. The third-order valence-corrected chi connectivity index (χ3v) is 3.67. The molecule has 2 rings (SSSR count). The van der Waals surface area contributed by atoms with Gasteiger partial charge in [-0.2, -0.15) is 0 Å². The maximum atomic E-state index is 10.8. The zero-order valence-corrected chi connectivity index (χ0v) is 10.8. The summed E-state index contributed by atoms with van der Waals surface area (Å²) in [5, 5.41) is 10.8. The van der Waals surface area contributed by atoms with Crippen LogP contribution in [0.15, 0.2) is 0 Å². The predicted octanol–water partition coefficient (Wildman–Crippen LogP) is 2.22. The summed E-state index contributed by atoms with van der Waals surface area (Å²) >= 11 is 0. The number of rotatable bonds is 2. The number of hydrogen-bond acceptors (Lipinski definition) is 4. The monoisotopic (exact) mass is 243 g/mol. The van der Waals surface area contributed by atoms with Crippen LogP contribution in [0.4, 0.5) is 0 Å². The molecule has 0 unspecified atom stereocenters. The van der Waals surface area contributed by atoms with E-state index in [9.17, 15) is 10.1 Å². The van der Waals surface area contributed by atoms with E-state index in [1.807, 2.05) is 6.92 Å². The summed E-state index contributed by atoms with van der Waals surface area (Å²) in [5.41, 5.74) is -0.317. The molecule has 5 nitrogen and oxygen atoms in total. The van der Waals surface area contributed by atoms with E-state index < -0.39 is 5.79 Å². The molecule has 1 atom stereocenters. The van der Waals surface area contributed by atoms with Crippen LogP contribution in [0.25, 0.3) is 0 Å². The SMILES string of the molecule is CC1(C)CC2(C[C@](C)(C[N+](=O)[O-])C1)OCCO2. The molecule has 1 spiro atoms. The zero-order valence-electron chi connectivity index (χ0n) is 10.8. The Morgan fingerprint density at radius 1 is 1.12 bits per heavy atom. The molecule has 1 aliphatic carbocycles. The van der Waals surface area contributed by atoms with E-state index in [1.165, 1.54) is 0 Å². The van der Waals surface area contributed by atoms with Crippen molar-refractivity contribution >= 4 is 0 Å². The summed E-state index contributed by atoms with van der Waals surface area (Å²) in [5.74, 6) is -0.577. The minimum Gasteiger partial charge on any atom is -0.347 e. The van der Waals surface area contributed by atoms with Crippen LogP contribution in [-0.4, -0.2) is 30.5 Å². The van der Waals surface area contributed by atoms with Crippen LogP contribution < -0.4 is 0 Å². The Morgan fingerprint density at radius 2 is 1.71 bits per heavy atom. The molecule has 1 aliphatic heterocycles. The van der Waals surface area contributed by atoms with Crippen LogP contribution in [0, 0.1) is 20.9 Å². The molecule has 17 heavy (non-hydrogen) atoms. The topological polar surface area (TPSA) is 61.6 Å². The fourth-order valence-corrected chi connectivity index (χ4v) is 3.85. The molecule has 1 heterocycles. The zero-order chi connectivity index (χ0) is 12.7. The van der Waals surface area contributed by atoms with Gasteiger partial charge in [-0.3, -0.25) is 10.1 Å². The smallest absolute Gasteiger partial charge is 0.209 e. The lowest BCUT2D eigenvalue weighted by Gasteiger charge is -2.48. The maximum Gasteiger partial charge on any atom is 0.209 e. The van der Waals surface area contributed by atoms with Crippen molar-refractivity contribution in [3.8, 4) is 0 Å². The van der Waals surface area contributed by atoms with E-state index in [4.69, 9.17) is 9.47 Å². The average Bonchev–Trinajstić information content (AvgIpc) is 2.44. The normalized spacial score (nSPS) is 35.0. The Kier molecular flexibility index (Phi) is 2.94. The fraction of sp³-hybridized carbons (Fsp3) is 1.00. The van der Waals surface area contributed by atoms with E-state index in [2.05, 4.69) is 13.8 Å². The molecule has 0 N–H and O–H groups in total. The van der Waals surface area contributed by atoms with Gasteiger partial charge in [-0.15, -0.1) is 0 Å². The lowest BCUT2D eigenvalue weighted by molar-refractivity contribution is -0.501. The molecule has 0 aromatic heterocycles. The Balaban J connectivity index is 2.21. The van der Waals surface area contributed by atoms with Gasteiger partial charge in [-0.25, -0.2) is 0 Å². The van der Waals surface area contributed by atoms with Gasteiger partial charge < -0.3 is 9.47 Å². The highest BCUT2D eigenvalue weighted by Crippen LogP contribution is 2.53. The Bertz CT molecular complexity index is 322. The van der Waals surface area contributed by atoms with Crippen molar-refractivity contribution in [2.24, 2.45) is 10.8 Å². The summed E-state index contributed by atoms with van der Waals surface area (Å²) < 4.78 is 11.5. The van der Waals surface area contributed by atoms with Gasteiger partial charge in [0.05, 0.1) is 13.2 Å². The second-order valence-electron chi connectivity index (χ2n) is 6.60. The third-order valence-electron chi connectivity index (χ3n) is 3.67. The van der Waals surface area contributed by atoms with Gasteiger partial charge >= 0.3 is 0 Å². The van der Waals surface area contributed by atoms with Gasteiger partial charge in [0.2, 0.25) is 6.54 Å². The van der Waals surface area contributed by atoms with Crippen molar-refractivity contribution < 1.29 is 14.4 Å². The van der Waals surface area contributed by atoms with Crippen LogP contribution in [0.2, 0.25) is 0 Å². The second kappa shape index (κ2) is 3.92. The molecule has 1 saturated heterocycles.